The third kappa shape index (κ3) is 2.62. The number of unbranched alkanes of at least 4 members (excludes halogenated alkanes) is 1. The van der Waals surface area contributed by atoms with E-state index in [-0.39, 0.29) is 0 Å². The molecular weight excluding hydrogens is 196 g/mol. The molecule has 2 N–H and O–H groups in total. The highest BCUT2D eigenvalue weighted by molar-refractivity contribution is 5.32. The predicted molar refractivity (Wildman–Crippen MR) is 66.0 cm³/mol. The molecule has 0 radical (unpaired) electrons. The molecule has 84 valence electrons. The van der Waals surface area contributed by atoms with Crippen molar-refractivity contribution in [2.75, 3.05) is 6.54 Å². The first-order chi connectivity index (χ1) is 7.92. The number of hydrogen-bond donors (Lipinski definition) is 1. The molecule has 0 spiro atoms. The van der Waals surface area contributed by atoms with Gasteiger partial charge in [0.05, 0.1) is 11.6 Å². The minimum absolute atomic E-state index is 0.350. The van der Waals surface area contributed by atoms with E-state index >= 15 is 0 Å². The van der Waals surface area contributed by atoms with E-state index in [9.17, 15) is 0 Å². The molecule has 1 atom stereocenters. The molecule has 0 saturated carbocycles. The van der Waals surface area contributed by atoms with Crippen LogP contribution >= 0.6 is 0 Å². The van der Waals surface area contributed by atoms with Crippen LogP contribution in [0.4, 0.5) is 0 Å². The molecule has 0 saturated heterocycles. The fourth-order valence-electron chi connectivity index (χ4n) is 2.14. The van der Waals surface area contributed by atoms with Gasteiger partial charge in [-0.25, -0.2) is 0 Å². The SMILES string of the molecule is NCCCC#CC1CCCc2cccnc21. The Morgan fingerprint density at radius 1 is 1.50 bits per heavy atom. The van der Waals surface area contributed by atoms with Gasteiger partial charge in [0.2, 0.25) is 0 Å². The van der Waals surface area contributed by atoms with Crippen LogP contribution in [0.1, 0.15) is 42.9 Å². The summed E-state index contributed by atoms with van der Waals surface area (Å²) in [5.41, 5.74) is 8.03. The average Bonchev–Trinajstić information content (AvgIpc) is 2.35. The van der Waals surface area contributed by atoms with Crippen LogP contribution in [0.5, 0.6) is 0 Å². The van der Waals surface area contributed by atoms with Crippen LogP contribution in [0.25, 0.3) is 0 Å². The molecule has 1 aliphatic carbocycles. The van der Waals surface area contributed by atoms with Crippen molar-refractivity contribution in [1.29, 1.82) is 0 Å². The molecular formula is C14H18N2. The van der Waals surface area contributed by atoms with Gasteiger partial charge in [-0.2, -0.15) is 0 Å². The van der Waals surface area contributed by atoms with Gasteiger partial charge in [0, 0.05) is 12.6 Å². The van der Waals surface area contributed by atoms with E-state index in [1.54, 1.807) is 0 Å². The number of aromatic nitrogens is 1. The normalized spacial score (nSPS) is 18.4. The molecule has 0 aliphatic heterocycles. The highest BCUT2D eigenvalue weighted by Crippen LogP contribution is 2.28. The smallest absolute Gasteiger partial charge is 0.0627 e. The van der Waals surface area contributed by atoms with Crippen molar-refractivity contribution in [2.24, 2.45) is 5.73 Å². The van der Waals surface area contributed by atoms with E-state index in [0.29, 0.717) is 5.92 Å². The topological polar surface area (TPSA) is 38.9 Å². The molecule has 0 amide bonds. The lowest BCUT2D eigenvalue weighted by Gasteiger charge is -2.19. The molecule has 16 heavy (non-hydrogen) atoms. The van der Waals surface area contributed by atoms with Gasteiger partial charge in [0.1, 0.15) is 0 Å². The summed E-state index contributed by atoms with van der Waals surface area (Å²) in [7, 11) is 0. The second kappa shape index (κ2) is 5.67. The Hall–Kier alpha value is -1.33. The molecule has 0 bridgehead atoms. The first-order valence-corrected chi connectivity index (χ1v) is 6.04. The van der Waals surface area contributed by atoms with Crippen molar-refractivity contribution < 1.29 is 0 Å². The zero-order valence-corrected chi connectivity index (χ0v) is 9.58. The molecule has 1 aromatic rings. The van der Waals surface area contributed by atoms with Crippen molar-refractivity contribution in [3.8, 4) is 11.8 Å². The lowest BCUT2D eigenvalue weighted by molar-refractivity contribution is 0.623. The first-order valence-electron chi connectivity index (χ1n) is 6.04. The minimum atomic E-state index is 0.350. The number of nitrogens with two attached hydrogens (primary N) is 1. The summed E-state index contributed by atoms with van der Waals surface area (Å²) in [5.74, 6) is 6.92. The lowest BCUT2D eigenvalue weighted by Crippen LogP contribution is -2.10. The van der Waals surface area contributed by atoms with Gasteiger partial charge < -0.3 is 5.73 Å². The van der Waals surface area contributed by atoms with Gasteiger partial charge in [-0.3, -0.25) is 4.98 Å². The van der Waals surface area contributed by atoms with Gasteiger partial charge in [-0.15, -0.1) is 5.92 Å². The van der Waals surface area contributed by atoms with Crippen molar-refractivity contribution in [3.05, 3.63) is 29.6 Å². The summed E-state index contributed by atoms with van der Waals surface area (Å²) in [6.45, 7) is 0.730. The Kier molecular flexibility index (Phi) is 3.96. The summed E-state index contributed by atoms with van der Waals surface area (Å²) < 4.78 is 0. The Morgan fingerprint density at radius 2 is 2.44 bits per heavy atom. The van der Waals surface area contributed by atoms with Gasteiger partial charge in [-0.05, 0) is 43.9 Å². The maximum atomic E-state index is 5.44. The van der Waals surface area contributed by atoms with Gasteiger partial charge in [0.25, 0.3) is 0 Å². The highest BCUT2D eigenvalue weighted by Gasteiger charge is 2.18. The standard InChI is InChI=1S/C14H18N2/c15-10-3-1-2-6-12-7-4-8-13-9-5-11-16-14(12)13/h5,9,11-12H,1,3-4,7-8,10,15H2. The summed E-state index contributed by atoms with van der Waals surface area (Å²) >= 11 is 0. The zero-order chi connectivity index (χ0) is 11.2. The largest absolute Gasteiger partial charge is 0.330 e. The van der Waals surface area contributed by atoms with Crippen LogP contribution in [-0.4, -0.2) is 11.5 Å². The van der Waals surface area contributed by atoms with Gasteiger partial charge in [-0.1, -0.05) is 12.0 Å². The van der Waals surface area contributed by atoms with E-state index in [2.05, 4.69) is 22.9 Å². The number of hydrogen-bond acceptors (Lipinski definition) is 2. The van der Waals surface area contributed by atoms with Crippen molar-refractivity contribution in [3.63, 3.8) is 0 Å². The quantitative estimate of drug-likeness (QED) is 0.605. The third-order valence-corrected chi connectivity index (χ3v) is 2.98. The Bertz CT molecular complexity index is 401. The number of pyridine rings is 1. The second-order valence-electron chi connectivity index (χ2n) is 4.21. The summed E-state index contributed by atoms with van der Waals surface area (Å²) in [6.07, 6.45) is 7.32. The Labute approximate surface area is 97.3 Å². The van der Waals surface area contributed by atoms with Crippen molar-refractivity contribution in [2.45, 2.75) is 38.0 Å². The van der Waals surface area contributed by atoms with Crippen LogP contribution in [0, 0.1) is 11.8 Å². The molecule has 1 heterocycles. The van der Waals surface area contributed by atoms with E-state index in [0.717, 1.165) is 32.2 Å². The maximum absolute atomic E-state index is 5.44. The molecule has 2 nitrogen and oxygen atoms in total. The average molecular weight is 214 g/mol. The van der Waals surface area contributed by atoms with Crippen LogP contribution in [0.3, 0.4) is 0 Å². The minimum Gasteiger partial charge on any atom is -0.330 e. The van der Waals surface area contributed by atoms with Gasteiger partial charge >= 0.3 is 0 Å². The second-order valence-corrected chi connectivity index (χ2v) is 4.21. The fourth-order valence-corrected chi connectivity index (χ4v) is 2.14. The van der Waals surface area contributed by atoms with E-state index in [1.165, 1.54) is 17.7 Å². The molecule has 1 aromatic heterocycles. The van der Waals surface area contributed by atoms with E-state index < -0.39 is 0 Å². The van der Waals surface area contributed by atoms with Crippen LogP contribution < -0.4 is 5.73 Å². The molecule has 2 rings (SSSR count). The summed E-state index contributed by atoms with van der Waals surface area (Å²) in [4.78, 5) is 4.47. The molecule has 1 unspecified atom stereocenters. The first kappa shape index (κ1) is 11.2. The monoisotopic (exact) mass is 214 g/mol. The molecule has 0 aromatic carbocycles. The van der Waals surface area contributed by atoms with E-state index in [1.807, 2.05) is 12.3 Å². The Morgan fingerprint density at radius 3 is 3.31 bits per heavy atom. The summed E-state index contributed by atoms with van der Waals surface area (Å²) in [6, 6.07) is 4.19. The van der Waals surface area contributed by atoms with Gasteiger partial charge in [0.15, 0.2) is 0 Å². The Balaban J connectivity index is 2.09. The molecule has 0 fully saturated rings. The van der Waals surface area contributed by atoms with Crippen molar-refractivity contribution >= 4 is 0 Å². The molecule has 1 aliphatic rings. The predicted octanol–water partition coefficient (Wildman–Crippen LogP) is 2.24. The third-order valence-electron chi connectivity index (χ3n) is 2.98. The maximum Gasteiger partial charge on any atom is 0.0627 e. The van der Waals surface area contributed by atoms with Crippen LogP contribution in [0.2, 0.25) is 0 Å². The number of fused-ring (bicyclic) bond motifs is 1. The van der Waals surface area contributed by atoms with E-state index in [4.69, 9.17) is 5.73 Å². The zero-order valence-electron chi connectivity index (χ0n) is 9.58. The summed E-state index contributed by atoms with van der Waals surface area (Å²) in [5, 5.41) is 0. The number of nitrogens with zero attached hydrogens (tertiary/aromatic N) is 1. The van der Waals surface area contributed by atoms with Crippen LogP contribution in [-0.2, 0) is 6.42 Å². The highest BCUT2D eigenvalue weighted by atomic mass is 14.7. The fraction of sp³-hybridized carbons (Fsp3) is 0.500. The number of aryl methyl sites for hydroxylation is 1. The van der Waals surface area contributed by atoms with Crippen LogP contribution in [0.15, 0.2) is 18.3 Å². The lowest BCUT2D eigenvalue weighted by atomic mass is 9.87. The molecule has 2 heteroatoms. The van der Waals surface area contributed by atoms with Crippen molar-refractivity contribution in [1.82, 2.24) is 4.98 Å². The number of rotatable bonds is 2.